The number of rotatable bonds is 5. The van der Waals surface area contributed by atoms with Gasteiger partial charge in [0.2, 0.25) is 0 Å². The van der Waals surface area contributed by atoms with Gasteiger partial charge in [0, 0.05) is 12.5 Å². The smallest absolute Gasteiger partial charge is 0.0959 e. The lowest BCUT2D eigenvalue weighted by Crippen LogP contribution is -1.89. The number of aromatic amines is 1. The minimum atomic E-state index is 0.662. The van der Waals surface area contributed by atoms with Gasteiger partial charge in [0.25, 0.3) is 0 Å². The van der Waals surface area contributed by atoms with E-state index >= 15 is 0 Å². The molecule has 0 spiro atoms. The maximum Gasteiger partial charge on any atom is 0.0959 e. The molecule has 2 aromatic rings. The number of aromatic nitrogens is 2. The average Bonchev–Trinajstić information content (AvgIpc) is 2.84. The Morgan fingerprint density at radius 1 is 1.32 bits per heavy atom. The number of hydrogen-bond acceptors (Lipinski definition) is 2. The van der Waals surface area contributed by atoms with Gasteiger partial charge in [-0.3, -0.25) is 5.10 Å². The van der Waals surface area contributed by atoms with Crippen molar-refractivity contribution in [2.45, 2.75) is 20.3 Å². The predicted octanol–water partition coefficient (Wildman–Crippen LogP) is 3.95. The van der Waals surface area contributed by atoms with Crippen LogP contribution in [0.1, 0.15) is 26.0 Å². The molecule has 1 aromatic carbocycles. The normalized spacial score (nSPS) is 13.2. The number of fused-ring (bicyclic) bond motifs is 1. The summed E-state index contributed by atoms with van der Waals surface area (Å²) < 4.78 is 5.11. The third kappa shape index (κ3) is 3.12. The van der Waals surface area contributed by atoms with E-state index in [0.29, 0.717) is 6.61 Å². The Bertz CT molecular complexity index is 608. The van der Waals surface area contributed by atoms with Crippen LogP contribution in [0, 0.1) is 0 Å². The van der Waals surface area contributed by atoms with Crippen LogP contribution < -0.4 is 0 Å². The van der Waals surface area contributed by atoms with Crippen LogP contribution in [0.4, 0.5) is 0 Å². The van der Waals surface area contributed by atoms with Crippen LogP contribution >= 0.6 is 0 Å². The van der Waals surface area contributed by atoms with Gasteiger partial charge in [-0.1, -0.05) is 37.3 Å². The lowest BCUT2D eigenvalue weighted by molar-refractivity contribution is 0.226. The topological polar surface area (TPSA) is 37.9 Å². The average molecular weight is 256 g/mol. The molecular weight excluding hydrogens is 236 g/mol. The zero-order chi connectivity index (χ0) is 13.7. The van der Waals surface area contributed by atoms with E-state index in [1.54, 1.807) is 7.11 Å². The molecule has 0 aliphatic heterocycles. The molecule has 0 aliphatic carbocycles. The number of allylic oxidation sites excluding steroid dienone is 3. The number of benzene rings is 1. The van der Waals surface area contributed by atoms with E-state index in [1.165, 1.54) is 16.5 Å². The van der Waals surface area contributed by atoms with Crippen molar-refractivity contribution in [3.8, 4) is 0 Å². The van der Waals surface area contributed by atoms with Crippen LogP contribution in [0.2, 0.25) is 0 Å². The third-order valence-electron chi connectivity index (χ3n) is 3.10. The van der Waals surface area contributed by atoms with Crippen molar-refractivity contribution in [1.29, 1.82) is 0 Å². The monoisotopic (exact) mass is 256 g/mol. The Hall–Kier alpha value is -1.87. The molecule has 0 radical (unpaired) electrons. The minimum absolute atomic E-state index is 0.662. The summed E-state index contributed by atoms with van der Waals surface area (Å²) in [6.45, 7) is 4.87. The first-order valence-electron chi connectivity index (χ1n) is 6.55. The van der Waals surface area contributed by atoms with Gasteiger partial charge in [-0.25, -0.2) is 0 Å². The molecule has 100 valence electrons. The molecule has 0 bridgehead atoms. The second kappa shape index (κ2) is 6.34. The summed E-state index contributed by atoms with van der Waals surface area (Å²) in [5, 5.41) is 8.69. The van der Waals surface area contributed by atoms with Gasteiger partial charge in [0.15, 0.2) is 0 Å². The second-order valence-corrected chi connectivity index (χ2v) is 4.61. The highest BCUT2D eigenvalue weighted by Gasteiger charge is 2.07. The summed E-state index contributed by atoms with van der Waals surface area (Å²) in [5.74, 6) is 0. The SMILES string of the molecule is CC/C(=C\C=C(C)COC)c1n[nH]c2ccccc12. The number of ether oxygens (including phenoxy) is 1. The van der Waals surface area contributed by atoms with Gasteiger partial charge >= 0.3 is 0 Å². The van der Waals surface area contributed by atoms with Crippen molar-refractivity contribution in [3.63, 3.8) is 0 Å². The molecular formula is C16H20N2O. The highest BCUT2D eigenvalue weighted by molar-refractivity contribution is 5.90. The minimum Gasteiger partial charge on any atom is -0.380 e. The molecule has 0 fully saturated rings. The van der Waals surface area contributed by atoms with E-state index in [-0.39, 0.29) is 0 Å². The predicted molar refractivity (Wildman–Crippen MR) is 80.0 cm³/mol. The fourth-order valence-corrected chi connectivity index (χ4v) is 2.09. The molecule has 3 nitrogen and oxygen atoms in total. The number of para-hydroxylation sites is 1. The Morgan fingerprint density at radius 3 is 2.84 bits per heavy atom. The van der Waals surface area contributed by atoms with E-state index < -0.39 is 0 Å². The summed E-state index contributed by atoms with van der Waals surface area (Å²) in [6, 6.07) is 8.21. The quantitative estimate of drug-likeness (QED) is 0.822. The second-order valence-electron chi connectivity index (χ2n) is 4.61. The third-order valence-corrected chi connectivity index (χ3v) is 3.10. The van der Waals surface area contributed by atoms with Crippen LogP contribution in [0.25, 0.3) is 16.5 Å². The molecule has 0 aliphatic rings. The van der Waals surface area contributed by atoms with Crippen molar-refractivity contribution in [1.82, 2.24) is 10.2 Å². The first-order chi connectivity index (χ1) is 9.26. The standard InChI is InChI=1S/C16H20N2O/c1-4-13(10-9-12(2)11-19-3)16-14-7-5-6-8-15(14)17-18-16/h5-10H,4,11H2,1-3H3,(H,17,18)/b12-9?,13-10+. The van der Waals surface area contributed by atoms with E-state index in [4.69, 9.17) is 4.74 Å². The molecule has 1 N–H and O–H groups in total. The number of methoxy groups -OCH3 is 1. The Kier molecular flexibility index (Phi) is 4.53. The number of H-pyrrole nitrogens is 1. The lowest BCUT2D eigenvalue weighted by atomic mass is 10.0. The van der Waals surface area contributed by atoms with Gasteiger partial charge in [-0.05, 0) is 30.6 Å². The van der Waals surface area contributed by atoms with Gasteiger partial charge in [-0.2, -0.15) is 5.10 Å². The van der Waals surface area contributed by atoms with Crippen LogP contribution in [0.3, 0.4) is 0 Å². The van der Waals surface area contributed by atoms with Crippen LogP contribution in [-0.2, 0) is 4.74 Å². The highest BCUT2D eigenvalue weighted by atomic mass is 16.5. The van der Waals surface area contributed by atoms with E-state index in [2.05, 4.69) is 42.3 Å². The number of nitrogens with one attached hydrogen (secondary N) is 1. The zero-order valence-electron chi connectivity index (χ0n) is 11.7. The van der Waals surface area contributed by atoms with E-state index in [0.717, 1.165) is 17.6 Å². The molecule has 0 saturated carbocycles. The molecule has 0 amide bonds. The van der Waals surface area contributed by atoms with Gasteiger partial charge < -0.3 is 4.74 Å². The molecule has 1 heterocycles. The Balaban J connectivity index is 2.37. The van der Waals surface area contributed by atoms with Gasteiger partial charge in [0.1, 0.15) is 0 Å². The first-order valence-corrected chi connectivity index (χ1v) is 6.55. The number of nitrogens with zero attached hydrogens (tertiary/aromatic N) is 1. The molecule has 19 heavy (non-hydrogen) atoms. The molecule has 3 heteroatoms. The summed E-state index contributed by atoms with van der Waals surface area (Å²) in [5.41, 5.74) is 4.55. The van der Waals surface area contributed by atoms with Crippen molar-refractivity contribution in [2.24, 2.45) is 0 Å². The molecule has 1 aromatic heterocycles. The maximum atomic E-state index is 5.11. The molecule has 2 rings (SSSR count). The maximum absolute atomic E-state index is 5.11. The molecule has 0 atom stereocenters. The van der Waals surface area contributed by atoms with Crippen molar-refractivity contribution >= 4 is 16.5 Å². The fraction of sp³-hybridized carbons (Fsp3) is 0.312. The Morgan fingerprint density at radius 2 is 2.11 bits per heavy atom. The van der Waals surface area contributed by atoms with E-state index in [1.807, 2.05) is 18.2 Å². The van der Waals surface area contributed by atoms with Gasteiger partial charge in [0.05, 0.1) is 17.8 Å². The van der Waals surface area contributed by atoms with Crippen molar-refractivity contribution in [3.05, 3.63) is 47.7 Å². The van der Waals surface area contributed by atoms with Crippen LogP contribution in [-0.4, -0.2) is 23.9 Å². The molecule has 0 unspecified atom stereocenters. The largest absolute Gasteiger partial charge is 0.380 e. The van der Waals surface area contributed by atoms with Crippen molar-refractivity contribution in [2.75, 3.05) is 13.7 Å². The molecule has 0 saturated heterocycles. The zero-order valence-corrected chi connectivity index (χ0v) is 11.7. The lowest BCUT2D eigenvalue weighted by Gasteiger charge is -2.01. The summed E-state index contributed by atoms with van der Waals surface area (Å²) in [7, 11) is 1.71. The van der Waals surface area contributed by atoms with E-state index in [9.17, 15) is 0 Å². The van der Waals surface area contributed by atoms with Gasteiger partial charge in [-0.15, -0.1) is 0 Å². The number of hydrogen-bond donors (Lipinski definition) is 1. The summed E-state index contributed by atoms with van der Waals surface area (Å²) in [4.78, 5) is 0. The van der Waals surface area contributed by atoms with Crippen LogP contribution in [0.15, 0.2) is 42.0 Å². The highest BCUT2D eigenvalue weighted by Crippen LogP contribution is 2.24. The Labute approximate surface area is 114 Å². The first kappa shape index (κ1) is 13.6. The summed E-state index contributed by atoms with van der Waals surface area (Å²) >= 11 is 0. The fourth-order valence-electron chi connectivity index (χ4n) is 2.09. The van der Waals surface area contributed by atoms with Crippen molar-refractivity contribution < 1.29 is 4.74 Å². The van der Waals surface area contributed by atoms with Crippen LogP contribution in [0.5, 0.6) is 0 Å². The summed E-state index contributed by atoms with van der Waals surface area (Å²) in [6.07, 6.45) is 5.19.